The lowest BCUT2D eigenvalue weighted by Gasteiger charge is -2.11. The van der Waals surface area contributed by atoms with Gasteiger partial charge in [-0.25, -0.2) is 4.79 Å². The number of nitrogens with one attached hydrogen (secondary N) is 2. The third kappa shape index (κ3) is 4.78. The van der Waals surface area contributed by atoms with Gasteiger partial charge in [0.1, 0.15) is 5.00 Å². The van der Waals surface area contributed by atoms with Gasteiger partial charge in [-0.15, -0.1) is 11.3 Å². The van der Waals surface area contributed by atoms with E-state index in [4.69, 9.17) is 20.8 Å². The molecule has 0 unspecified atom stereocenters. The zero-order valence-corrected chi connectivity index (χ0v) is 18.0. The molecule has 0 bridgehead atoms. The molecule has 2 amide bonds. The van der Waals surface area contributed by atoms with Gasteiger partial charge in [0.25, 0.3) is 11.8 Å². The summed E-state index contributed by atoms with van der Waals surface area (Å²) >= 11 is 6.68. The van der Waals surface area contributed by atoms with Gasteiger partial charge in [-0.2, -0.15) is 13.2 Å². The summed E-state index contributed by atoms with van der Waals surface area (Å²) in [7, 11) is 1.12. The molecule has 0 fully saturated rings. The van der Waals surface area contributed by atoms with Crippen LogP contribution >= 0.6 is 22.9 Å². The van der Waals surface area contributed by atoms with Gasteiger partial charge in [-0.3, -0.25) is 9.59 Å². The van der Waals surface area contributed by atoms with Crippen LogP contribution in [-0.2, 0) is 10.9 Å². The van der Waals surface area contributed by atoms with Crippen molar-refractivity contribution in [3.8, 4) is 0 Å². The van der Waals surface area contributed by atoms with Crippen LogP contribution in [0.4, 0.5) is 23.9 Å². The molecule has 32 heavy (non-hydrogen) atoms. The topological polar surface area (TPSA) is 97.6 Å². The number of rotatable bonds is 5. The Bertz CT molecular complexity index is 1190. The predicted molar refractivity (Wildman–Crippen MR) is 111 cm³/mol. The van der Waals surface area contributed by atoms with Crippen molar-refractivity contribution in [2.24, 2.45) is 0 Å². The minimum Gasteiger partial charge on any atom is -0.465 e. The Kier molecular flexibility index (Phi) is 6.60. The minimum absolute atomic E-state index is 0.0102. The third-order valence-corrected chi connectivity index (χ3v) is 5.79. The van der Waals surface area contributed by atoms with Crippen LogP contribution in [0.15, 0.2) is 41.0 Å². The zero-order chi connectivity index (χ0) is 23.6. The second-order valence-electron chi connectivity index (χ2n) is 6.33. The minimum atomic E-state index is -4.63. The fourth-order valence-electron chi connectivity index (χ4n) is 2.71. The molecule has 2 heterocycles. The lowest BCUT2D eigenvalue weighted by Crippen LogP contribution is -2.14. The number of methoxy groups -OCH3 is 1. The number of carbonyl (C=O) groups excluding carboxylic acids is 3. The second kappa shape index (κ2) is 9.05. The first-order valence-electron chi connectivity index (χ1n) is 8.77. The van der Waals surface area contributed by atoms with Crippen molar-refractivity contribution in [1.29, 1.82) is 0 Å². The number of furan rings is 1. The lowest BCUT2D eigenvalue weighted by atomic mass is 10.1. The van der Waals surface area contributed by atoms with E-state index in [1.165, 1.54) is 25.3 Å². The van der Waals surface area contributed by atoms with Crippen LogP contribution in [0, 0.1) is 6.92 Å². The van der Waals surface area contributed by atoms with E-state index in [-0.39, 0.29) is 37.5 Å². The van der Waals surface area contributed by atoms with Crippen molar-refractivity contribution < 1.29 is 36.7 Å². The summed E-state index contributed by atoms with van der Waals surface area (Å²) in [6.07, 6.45) is -3.35. The van der Waals surface area contributed by atoms with E-state index >= 15 is 0 Å². The maximum Gasteiger partial charge on any atom is 0.416 e. The van der Waals surface area contributed by atoms with Gasteiger partial charge in [-0.05, 0) is 42.8 Å². The molecule has 0 aliphatic rings. The smallest absolute Gasteiger partial charge is 0.416 e. The van der Waals surface area contributed by atoms with Gasteiger partial charge in [0.15, 0.2) is 5.76 Å². The molecule has 0 aliphatic heterocycles. The largest absolute Gasteiger partial charge is 0.465 e. The maximum atomic E-state index is 13.0. The van der Waals surface area contributed by atoms with Crippen molar-refractivity contribution in [2.45, 2.75) is 13.1 Å². The Morgan fingerprint density at radius 1 is 1.12 bits per heavy atom. The summed E-state index contributed by atoms with van der Waals surface area (Å²) < 4.78 is 48.7. The van der Waals surface area contributed by atoms with Crippen molar-refractivity contribution in [2.75, 3.05) is 17.7 Å². The molecule has 168 valence electrons. The lowest BCUT2D eigenvalue weighted by molar-refractivity contribution is -0.137. The number of hydrogen-bond acceptors (Lipinski definition) is 6. The Labute approximate surface area is 188 Å². The van der Waals surface area contributed by atoms with Gasteiger partial charge in [0.05, 0.1) is 40.1 Å². The quantitative estimate of drug-likeness (QED) is 0.457. The summed E-state index contributed by atoms with van der Waals surface area (Å²) in [6.45, 7) is 1.44. The van der Waals surface area contributed by atoms with Crippen molar-refractivity contribution in [3.05, 3.63) is 68.9 Å². The van der Waals surface area contributed by atoms with Gasteiger partial charge < -0.3 is 19.8 Å². The third-order valence-electron chi connectivity index (χ3n) is 4.26. The van der Waals surface area contributed by atoms with Gasteiger partial charge in [0, 0.05) is 0 Å². The van der Waals surface area contributed by atoms with Crippen LogP contribution in [0.25, 0.3) is 0 Å². The molecular formula is C20H14ClF3N2O5S. The molecule has 1 aromatic carbocycles. The normalized spacial score (nSPS) is 11.2. The van der Waals surface area contributed by atoms with Crippen molar-refractivity contribution in [1.82, 2.24) is 0 Å². The fraction of sp³-hybridized carbons (Fsp3) is 0.150. The molecule has 0 spiro atoms. The first-order chi connectivity index (χ1) is 15.0. The molecule has 0 aliphatic carbocycles. The highest BCUT2D eigenvalue weighted by Crippen LogP contribution is 2.37. The number of thiophene rings is 1. The Morgan fingerprint density at radius 3 is 2.44 bits per heavy atom. The van der Waals surface area contributed by atoms with Crippen LogP contribution in [0.5, 0.6) is 0 Å². The van der Waals surface area contributed by atoms with E-state index in [2.05, 4.69) is 10.6 Å². The molecule has 2 aromatic heterocycles. The molecule has 0 radical (unpaired) electrons. The van der Waals surface area contributed by atoms with Gasteiger partial charge >= 0.3 is 12.1 Å². The molecule has 3 aromatic rings. The Hall–Kier alpha value is -3.31. The van der Waals surface area contributed by atoms with E-state index in [1.807, 2.05) is 0 Å². The van der Waals surface area contributed by atoms with Crippen molar-refractivity contribution in [3.63, 3.8) is 0 Å². The van der Waals surface area contributed by atoms with Crippen LogP contribution in [0.3, 0.4) is 0 Å². The summed E-state index contributed by atoms with van der Waals surface area (Å²) in [5.74, 6) is -2.34. The van der Waals surface area contributed by atoms with E-state index in [1.54, 1.807) is 0 Å². The number of amides is 2. The van der Waals surface area contributed by atoms with E-state index in [9.17, 15) is 27.6 Å². The second-order valence-corrected chi connectivity index (χ2v) is 7.76. The number of esters is 1. The Balaban J connectivity index is 1.96. The van der Waals surface area contributed by atoms with Crippen molar-refractivity contribution >= 4 is 51.4 Å². The SMILES string of the molecule is COC(=O)c1c(NC(=O)c2ccco2)sc(C(=O)Nc2cc(C(F)(F)F)ccc2Cl)c1C. The van der Waals surface area contributed by atoms with Crippen LogP contribution in [0.2, 0.25) is 5.02 Å². The number of halogens is 4. The number of ether oxygens (including phenoxy) is 1. The molecule has 0 saturated carbocycles. The zero-order valence-electron chi connectivity index (χ0n) is 16.4. The molecular weight excluding hydrogens is 473 g/mol. The first-order valence-corrected chi connectivity index (χ1v) is 9.97. The number of anilines is 2. The van der Waals surface area contributed by atoms with E-state index in [0.29, 0.717) is 6.07 Å². The van der Waals surface area contributed by atoms with E-state index in [0.717, 1.165) is 30.6 Å². The summed E-state index contributed by atoms with van der Waals surface area (Å²) in [6, 6.07) is 5.39. The summed E-state index contributed by atoms with van der Waals surface area (Å²) in [5, 5.41) is 4.69. The average Bonchev–Trinajstić information content (AvgIpc) is 3.37. The monoisotopic (exact) mass is 486 g/mol. The van der Waals surface area contributed by atoms with Gasteiger partial charge in [0.2, 0.25) is 0 Å². The Morgan fingerprint density at radius 2 is 1.84 bits per heavy atom. The fourth-order valence-corrected chi connectivity index (χ4v) is 3.96. The molecule has 0 saturated heterocycles. The standard InChI is InChI=1S/C20H14ClF3N2O5S/c1-9-14(19(29)30-2)18(26-16(27)13-4-3-7-31-13)32-15(9)17(28)25-12-8-10(20(22,23)24)5-6-11(12)21/h3-8H,1-2H3,(H,25,28)(H,26,27). The number of benzene rings is 1. The highest BCUT2D eigenvalue weighted by Gasteiger charge is 2.32. The van der Waals surface area contributed by atoms with E-state index < -0.39 is 29.5 Å². The molecule has 12 heteroatoms. The average molecular weight is 487 g/mol. The number of hydrogen-bond donors (Lipinski definition) is 2. The molecule has 3 rings (SSSR count). The molecule has 0 atom stereocenters. The molecule has 7 nitrogen and oxygen atoms in total. The van der Waals surface area contributed by atoms with Gasteiger partial charge in [-0.1, -0.05) is 11.6 Å². The number of carbonyl (C=O) groups is 3. The number of alkyl halides is 3. The highest BCUT2D eigenvalue weighted by atomic mass is 35.5. The summed E-state index contributed by atoms with van der Waals surface area (Å²) in [4.78, 5) is 37.4. The summed E-state index contributed by atoms with van der Waals surface area (Å²) in [5.41, 5.74) is -1.17. The van der Waals surface area contributed by atoms with Crippen LogP contribution < -0.4 is 10.6 Å². The maximum absolute atomic E-state index is 13.0. The van der Waals surface area contributed by atoms with Crippen LogP contribution in [-0.4, -0.2) is 24.9 Å². The highest BCUT2D eigenvalue weighted by molar-refractivity contribution is 7.19. The first kappa shape index (κ1) is 23.4. The van der Waals surface area contributed by atoms with Crippen LogP contribution in [0.1, 0.15) is 41.7 Å². The molecule has 2 N–H and O–H groups in total. The predicted octanol–water partition coefficient (Wildman–Crippen LogP) is 5.61.